The molecule has 7 rings (SSSR count). The maximum absolute atomic E-state index is 14.7. The van der Waals surface area contributed by atoms with E-state index < -0.39 is 62.6 Å². The van der Waals surface area contributed by atoms with Gasteiger partial charge in [-0.1, -0.05) is 49.7 Å². The third-order valence-electron chi connectivity index (χ3n) is 10.9. The summed E-state index contributed by atoms with van der Waals surface area (Å²) < 4.78 is 98.8. The van der Waals surface area contributed by atoms with Crippen molar-refractivity contribution in [3.63, 3.8) is 0 Å². The van der Waals surface area contributed by atoms with Gasteiger partial charge in [-0.05, 0) is 110 Å². The van der Waals surface area contributed by atoms with Crippen LogP contribution in [0.4, 0.5) is 26.3 Å². The lowest BCUT2D eigenvalue weighted by Gasteiger charge is -2.29. The summed E-state index contributed by atoms with van der Waals surface area (Å²) >= 11 is 0. The Bertz CT molecular complexity index is 2980. The Morgan fingerprint density at radius 3 is 1.27 bits per heavy atom. The van der Waals surface area contributed by atoms with Crippen LogP contribution < -0.4 is 31.7 Å². The van der Waals surface area contributed by atoms with Crippen molar-refractivity contribution in [2.75, 3.05) is 0 Å². The fourth-order valence-electron chi connectivity index (χ4n) is 7.58. The van der Waals surface area contributed by atoms with E-state index in [2.05, 4.69) is 0 Å². The van der Waals surface area contributed by atoms with Gasteiger partial charge in [-0.2, -0.15) is 26.3 Å². The molecule has 2 heterocycles. The standard InChI is InChI=1S/C45H36F6N2O6/c1-21-9-11-35(33(13-21)44(46,47)48)58-37-22(2)14-26(15-23(37)3)43(6,7)27-16-24(4)38(25(5)17-27)59-36-12-10-28(18-34(36)45(49,50)51)53-41(56)31-19-29-30(20-32(31)42(53)57)40(55)52(8)39(29)54/h9-20H,1-8H3. The molecule has 0 atom stereocenters. The molecule has 0 aliphatic heterocycles. The highest BCUT2D eigenvalue weighted by Gasteiger charge is 2.37. The molecule has 0 fully saturated rings. The number of rotatable bonds is 7. The van der Waals surface area contributed by atoms with Crippen molar-refractivity contribution >= 4 is 21.5 Å². The predicted molar refractivity (Wildman–Crippen MR) is 212 cm³/mol. The summed E-state index contributed by atoms with van der Waals surface area (Å²) in [7, 11) is 1.25. The maximum atomic E-state index is 14.7. The average Bonchev–Trinajstić information content (AvgIpc) is 3.52. The van der Waals surface area contributed by atoms with Crippen LogP contribution in [-0.4, -0.2) is 9.13 Å². The fourth-order valence-corrected chi connectivity index (χ4v) is 7.58. The lowest BCUT2D eigenvalue weighted by Crippen LogP contribution is -2.24. The van der Waals surface area contributed by atoms with Gasteiger partial charge >= 0.3 is 12.4 Å². The van der Waals surface area contributed by atoms with Gasteiger partial charge < -0.3 is 9.47 Å². The second-order valence-electron chi connectivity index (χ2n) is 15.4. The van der Waals surface area contributed by atoms with Gasteiger partial charge in [0.15, 0.2) is 0 Å². The highest BCUT2D eigenvalue weighted by Crippen LogP contribution is 2.44. The third-order valence-corrected chi connectivity index (χ3v) is 10.9. The van der Waals surface area contributed by atoms with Crippen LogP contribution in [0.25, 0.3) is 27.2 Å². The zero-order valence-corrected chi connectivity index (χ0v) is 33.0. The Labute approximate surface area is 332 Å². The lowest BCUT2D eigenvalue weighted by molar-refractivity contribution is -0.139. The first-order chi connectivity index (χ1) is 27.4. The zero-order valence-electron chi connectivity index (χ0n) is 33.0. The number of aromatic nitrogens is 2. The molecule has 14 heteroatoms. The van der Waals surface area contributed by atoms with E-state index in [-0.39, 0.29) is 38.8 Å². The van der Waals surface area contributed by atoms with E-state index in [4.69, 9.17) is 9.47 Å². The van der Waals surface area contributed by atoms with Gasteiger partial charge in [0.25, 0.3) is 22.2 Å². The monoisotopic (exact) mass is 814 g/mol. The van der Waals surface area contributed by atoms with Crippen molar-refractivity contribution in [2.45, 2.75) is 66.2 Å². The quantitative estimate of drug-likeness (QED) is 0.149. The molecule has 7 aromatic rings. The van der Waals surface area contributed by atoms with Crippen molar-refractivity contribution in [3.05, 3.63) is 164 Å². The SMILES string of the molecule is Cc1ccc(Oc2c(C)cc(C(C)(C)c3cc(C)c(Oc4ccc(-n5c(=O)c6cc7c(=O)n(C)c(=O)c7cc6c5=O)cc4C(F)(F)F)c(C)c3)cc2C)c(C(F)(F)F)c1. The Morgan fingerprint density at radius 1 is 0.492 bits per heavy atom. The topological polar surface area (TPSA) is 96.6 Å². The summed E-state index contributed by atoms with van der Waals surface area (Å²) in [6.07, 6.45) is -9.61. The molecule has 0 saturated carbocycles. The van der Waals surface area contributed by atoms with E-state index >= 15 is 0 Å². The largest absolute Gasteiger partial charge is 0.456 e. The molecule has 0 bridgehead atoms. The normalized spacial score (nSPS) is 12.5. The van der Waals surface area contributed by atoms with Crippen LogP contribution in [-0.2, 0) is 24.8 Å². The molecule has 0 aliphatic rings. The summed E-state index contributed by atoms with van der Waals surface area (Å²) in [6.45, 7) is 12.3. The summed E-state index contributed by atoms with van der Waals surface area (Å²) in [5.74, 6) is -0.470. The van der Waals surface area contributed by atoms with E-state index in [0.29, 0.717) is 38.5 Å². The molecule has 0 unspecified atom stereocenters. The number of halogens is 6. The minimum absolute atomic E-state index is 0.0864. The van der Waals surface area contributed by atoms with Crippen LogP contribution in [0.5, 0.6) is 23.0 Å². The van der Waals surface area contributed by atoms with Crippen molar-refractivity contribution in [1.29, 1.82) is 0 Å². The first-order valence-corrected chi connectivity index (χ1v) is 18.3. The summed E-state index contributed by atoms with van der Waals surface area (Å²) in [5.41, 5.74) is -2.27. The number of nitrogens with zero attached hydrogens (tertiary/aromatic N) is 2. The van der Waals surface area contributed by atoms with Gasteiger partial charge in [0.2, 0.25) is 0 Å². The number of hydrogen-bond acceptors (Lipinski definition) is 6. The number of ether oxygens (including phenoxy) is 2. The smallest absolute Gasteiger partial charge is 0.420 e. The van der Waals surface area contributed by atoms with Gasteiger partial charge in [0, 0.05) is 12.5 Å². The summed E-state index contributed by atoms with van der Waals surface area (Å²) in [6, 6.07) is 16.1. The predicted octanol–water partition coefficient (Wildman–Crippen LogP) is 9.93. The number of alkyl halides is 6. The Kier molecular flexibility index (Phi) is 9.56. The molecular formula is C45H36F6N2O6. The van der Waals surface area contributed by atoms with E-state index in [1.165, 1.54) is 13.1 Å². The van der Waals surface area contributed by atoms with Crippen LogP contribution in [0.1, 0.15) is 63.9 Å². The zero-order chi connectivity index (χ0) is 43.3. The molecule has 8 nitrogen and oxygen atoms in total. The van der Waals surface area contributed by atoms with Gasteiger partial charge in [-0.25, -0.2) is 4.57 Å². The van der Waals surface area contributed by atoms with Gasteiger partial charge in [-0.15, -0.1) is 0 Å². The van der Waals surface area contributed by atoms with Crippen LogP contribution in [0, 0.1) is 34.6 Å². The number of fused-ring (bicyclic) bond motifs is 2. The third kappa shape index (κ3) is 6.89. The molecule has 2 aromatic heterocycles. The van der Waals surface area contributed by atoms with Gasteiger partial charge in [0.05, 0.1) is 32.8 Å². The first-order valence-electron chi connectivity index (χ1n) is 18.3. The second kappa shape index (κ2) is 13.8. The second-order valence-corrected chi connectivity index (χ2v) is 15.4. The lowest BCUT2D eigenvalue weighted by atomic mass is 9.76. The van der Waals surface area contributed by atoms with E-state index in [1.807, 2.05) is 26.0 Å². The van der Waals surface area contributed by atoms with Crippen LogP contribution >= 0.6 is 0 Å². The highest BCUT2D eigenvalue weighted by molar-refractivity contribution is 5.98. The molecule has 304 valence electrons. The number of aryl methyl sites for hydroxylation is 5. The number of hydrogen-bond donors (Lipinski definition) is 0. The molecule has 0 aliphatic carbocycles. The Hall–Kier alpha value is -6.44. The van der Waals surface area contributed by atoms with Crippen molar-refractivity contribution in [3.8, 4) is 28.7 Å². The molecule has 0 spiro atoms. The average molecular weight is 815 g/mol. The molecular weight excluding hydrogens is 778 g/mol. The Balaban J connectivity index is 1.22. The molecule has 0 saturated heterocycles. The van der Waals surface area contributed by atoms with E-state index in [0.717, 1.165) is 46.0 Å². The van der Waals surface area contributed by atoms with E-state index in [9.17, 15) is 45.5 Å². The van der Waals surface area contributed by atoms with Crippen LogP contribution in [0.15, 0.2) is 92.0 Å². The highest BCUT2D eigenvalue weighted by atomic mass is 19.4. The van der Waals surface area contributed by atoms with Crippen molar-refractivity contribution in [1.82, 2.24) is 9.13 Å². The fraction of sp³-hybridized carbons (Fsp3) is 0.244. The van der Waals surface area contributed by atoms with Gasteiger partial charge in [-0.3, -0.25) is 23.7 Å². The first kappa shape index (κ1) is 40.7. The molecule has 0 amide bonds. The van der Waals surface area contributed by atoms with Crippen LogP contribution in [0.3, 0.4) is 0 Å². The van der Waals surface area contributed by atoms with E-state index in [1.54, 1.807) is 52.8 Å². The minimum atomic E-state index is -4.99. The molecule has 0 radical (unpaired) electrons. The summed E-state index contributed by atoms with van der Waals surface area (Å²) in [5, 5.41) is -0.608. The molecule has 59 heavy (non-hydrogen) atoms. The van der Waals surface area contributed by atoms with Gasteiger partial charge in [0.1, 0.15) is 28.6 Å². The summed E-state index contributed by atoms with van der Waals surface area (Å²) in [4.78, 5) is 51.9. The molecule has 5 aromatic carbocycles. The molecule has 0 N–H and O–H groups in total. The minimum Gasteiger partial charge on any atom is -0.456 e. The Morgan fingerprint density at radius 2 is 0.864 bits per heavy atom. The van der Waals surface area contributed by atoms with Crippen molar-refractivity contribution in [2.24, 2.45) is 7.05 Å². The van der Waals surface area contributed by atoms with Crippen LogP contribution in [0.2, 0.25) is 0 Å². The maximum Gasteiger partial charge on any atom is 0.420 e. The number of benzene rings is 5. The van der Waals surface area contributed by atoms with Crippen molar-refractivity contribution < 1.29 is 35.8 Å².